The summed E-state index contributed by atoms with van der Waals surface area (Å²) in [5.74, 6) is 1.28. The highest BCUT2D eigenvalue weighted by molar-refractivity contribution is 5.90. The van der Waals surface area contributed by atoms with Gasteiger partial charge in [0.25, 0.3) is 0 Å². The summed E-state index contributed by atoms with van der Waals surface area (Å²) >= 11 is 0. The molecule has 4 nitrogen and oxygen atoms in total. The number of hydrogen-bond acceptors (Lipinski definition) is 4. The average Bonchev–Trinajstić information content (AvgIpc) is 2.54. The van der Waals surface area contributed by atoms with Crippen LogP contribution in [0.1, 0.15) is 34.6 Å². The van der Waals surface area contributed by atoms with Gasteiger partial charge in [-0.3, -0.25) is 4.79 Å². The van der Waals surface area contributed by atoms with Crippen molar-refractivity contribution in [3.8, 4) is 11.5 Å². The zero-order valence-corrected chi connectivity index (χ0v) is 15.6. The molecular weight excluding hydrogens is 316 g/mol. The van der Waals surface area contributed by atoms with Gasteiger partial charge in [-0.1, -0.05) is 20.8 Å². The maximum Gasteiger partial charge on any atom is 0.200 e. The topological polar surface area (TPSA) is 48.7 Å². The summed E-state index contributed by atoms with van der Waals surface area (Å²) in [7, 11) is 1.57. The maximum atomic E-state index is 12.9. The van der Waals surface area contributed by atoms with E-state index in [-0.39, 0.29) is 16.4 Å². The van der Waals surface area contributed by atoms with Gasteiger partial charge in [0.2, 0.25) is 5.43 Å². The quantitative estimate of drug-likeness (QED) is 0.618. The van der Waals surface area contributed by atoms with Crippen LogP contribution in [0.15, 0.2) is 45.6 Å². The van der Waals surface area contributed by atoms with Crippen molar-refractivity contribution < 1.29 is 13.9 Å². The van der Waals surface area contributed by atoms with Crippen molar-refractivity contribution >= 4 is 21.9 Å². The van der Waals surface area contributed by atoms with Gasteiger partial charge in [0, 0.05) is 5.41 Å². The van der Waals surface area contributed by atoms with Crippen molar-refractivity contribution in [3.63, 3.8) is 0 Å². The summed E-state index contributed by atoms with van der Waals surface area (Å²) in [5.41, 5.74) is 0.560. The van der Waals surface area contributed by atoms with Crippen LogP contribution in [-0.4, -0.2) is 12.7 Å². The Morgan fingerprint density at radius 2 is 1.36 bits per heavy atom. The van der Waals surface area contributed by atoms with E-state index in [1.807, 2.05) is 19.9 Å². The standard InChI is InChI=1S/C21H24O4/c1-20(2,3)21(4,5)25-14-8-10-18-16(12-14)19(22)15-11-13(23-6)7-9-17(15)24-18/h7-12H,1-6H3. The lowest BCUT2D eigenvalue weighted by molar-refractivity contribution is 0.000911. The van der Waals surface area contributed by atoms with Crippen molar-refractivity contribution in [3.05, 3.63) is 46.6 Å². The molecule has 0 aliphatic rings. The number of rotatable bonds is 3. The molecule has 132 valence electrons. The molecule has 0 spiro atoms. The van der Waals surface area contributed by atoms with Gasteiger partial charge in [0.15, 0.2) is 0 Å². The second-order valence-electron chi connectivity index (χ2n) is 7.81. The van der Waals surface area contributed by atoms with Crippen LogP contribution in [0.4, 0.5) is 0 Å². The summed E-state index contributed by atoms with van der Waals surface area (Å²) in [5, 5.41) is 1.00. The average molecular weight is 340 g/mol. The van der Waals surface area contributed by atoms with E-state index in [9.17, 15) is 4.79 Å². The molecule has 0 aliphatic heterocycles. The van der Waals surface area contributed by atoms with Crippen LogP contribution in [0, 0.1) is 5.41 Å². The van der Waals surface area contributed by atoms with E-state index in [1.54, 1.807) is 37.4 Å². The number of fused-ring (bicyclic) bond motifs is 2. The third-order valence-corrected chi connectivity index (χ3v) is 5.03. The molecule has 3 aromatic rings. The lowest BCUT2D eigenvalue weighted by Crippen LogP contribution is -2.42. The van der Waals surface area contributed by atoms with Crippen LogP contribution < -0.4 is 14.9 Å². The van der Waals surface area contributed by atoms with Crippen LogP contribution in [0.5, 0.6) is 11.5 Å². The molecule has 0 N–H and O–H groups in total. The fraction of sp³-hybridized carbons (Fsp3) is 0.381. The number of methoxy groups -OCH3 is 1. The molecule has 0 amide bonds. The van der Waals surface area contributed by atoms with Gasteiger partial charge in [0.1, 0.15) is 28.3 Å². The SMILES string of the molecule is COc1ccc2oc3ccc(OC(C)(C)C(C)(C)C)cc3c(=O)c2c1. The predicted octanol–water partition coefficient (Wildman–Crippen LogP) is 5.16. The first-order valence-electron chi connectivity index (χ1n) is 8.36. The Morgan fingerprint density at radius 1 is 0.840 bits per heavy atom. The minimum absolute atomic E-state index is 0.0522. The van der Waals surface area contributed by atoms with Crippen molar-refractivity contribution in [1.82, 2.24) is 0 Å². The largest absolute Gasteiger partial charge is 0.497 e. The summed E-state index contributed by atoms with van der Waals surface area (Å²) in [4.78, 5) is 12.9. The van der Waals surface area contributed by atoms with Crippen molar-refractivity contribution in [2.75, 3.05) is 7.11 Å². The molecule has 0 atom stereocenters. The first-order valence-corrected chi connectivity index (χ1v) is 8.36. The van der Waals surface area contributed by atoms with Crippen LogP contribution >= 0.6 is 0 Å². The maximum absolute atomic E-state index is 12.9. The zero-order valence-electron chi connectivity index (χ0n) is 15.6. The number of hydrogen-bond donors (Lipinski definition) is 0. The van der Waals surface area contributed by atoms with Gasteiger partial charge in [-0.25, -0.2) is 0 Å². The Labute approximate surface area is 147 Å². The fourth-order valence-corrected chi connectivity index (χ4v) is 2.45. The molecule has 3 rings (SSSR count). The summed E-state index contributed by atoms with van der Waals surface area (Å²) in [6, 6.07) is 10.6. The summed E-state index contributed by atoms with van der Waals surface area (Å²) < 4.78 is 17.3. The zero-order chi connectivity index (χ0) is 18.4. The summed E-state index contributed by atoms with van der Waals surface area (Å²) in [6.45, 7) is 10.5. The fourth-order valence-electron chi connectivity index (χ4n) is 2.45. The molecule has 0 bridgehead atoms. The predicted molar refractivity (Wildman–Crippen MR) is 101 cm³/mol. The molecule has 0 aliphatic carbocycles. The molecule has 0 radical (unpaired) electrons. The van der Waals surface area contributed by atoms with E-state index in [2.05, 4.69) is 20.8 Å². The Hall–Kier alpha value is -2.49. The normalized spacial score (nSPS) is 12.6. The summed E-state index contributed by atoms with van der Waals surface area (Å²) in [6.07, 6.45) is 0. The first kappa shape index (κ1) is 17.3. The highest BCUT2D eigenvalue weighted by atomic mass is 16.5. The molecule has 0 fully saturated rings. The van der Waals surface area contributed by atoms with E-state index >= 15 is 0 Å². The van der Waals surface area contributed by atoms with Crippen molar-refractivity contribution in [2.24, 2.45) is 5.41 Å². The van der Waals surface area contributed by atoms with Gasteiger partial charge in [-0.2, -0.15) is 0 Å². The number of benzene rings is 2. The smallest absolute Gasteiger partial charge is 0.200 e. The molecule has 1 aromatic heterocycles. The Bertz CT molecular complexity index is 990. The number of ether oxygens (including phenoxy) is 2. The van der Waals surface area contributed by atoms with E-state index in [0.29, 0.717) is 33.4 Å². The van der Waals surface area contributed by atoms with E-state index in [4.69, 9.17) is 13.9 Å². The second-order valence-corrected chi connectivity index (χ2v) is 7.81. The minimum atomic E-state index is -0.388. The molecule has 4 heteroatoms. The van der Waals surface area contributed by atoms with Gasteiger partial charge in [-0.15, -0.1) is 0 Å². The molecule has 0 saturated carbocycles. The molecule has 25 heavy (non-hydrogen) atoms. The van der Waals surface area contributed by atoms with Gasteiger partial charge in [-0.05, 0) is 50.2 Å². The molecular formula is C21H24O4. The van der Waals surface area contributed by atoms with Crippen LogP contribution in [0.3, 0.4) is 0 Å². The Balaban J connectivity index is 2.15. The molecule has 0 saturated heterocycles. The highest BCUT2D eigenvalue weighted by Crippen LogP contribution is 2.35. The second kappa shape index (κ2) is 5.80. The third-order valence-electron chi connectivity index (χ3n) is 5.03. The van der Waals surface area contributed by atoms with Crippen LogP contribution in [-0.2, 0) is 0 Å². The molecule has 0 unspecified atom stereocenters. The first-order chi connectivity index (χ1) is 11.6. The van der Waals surface area contributed by atoms with E-state index < -0.39 is 0 Å². The Kier molecular flexibility index (Phi) is 4.02. The van der Waals surface area contributed by atoms with E-state index in [0.717, 1.165) is 0 Å². The Morgan fingerprint density at radius 3 is 1.88 bits per heavy atom. The van der Waals surface area contributed by atoms with Gasteiger partial charge in [0.05, 0.1) is 17.9 Å². The third kappa shape index (κ3) is 3.09. The van der Waals surface area contributed by atoms with Crippen LogP contribution in [0.2, 0.25) is 0 Å². The minimum Gasteiger partial charge on any atom is -0.497 e. The van der Waals surface area contributed by atoms with Crippen molar-refractivity contribution in [1.29, 1.82) is 0 Å². The molecule has 1 heterocycles. The van der Waals surface area contributed by atoms with Gasteiger partial charge < -0.3 is 13.9 Å². The van der Waals surface area contributed by atoms with Crippen LogP contribution in [0.25, 0.3) is 21.9 Å². The van der Waals surface area contributed by atoms with Gasteiger partial charge >= 0.3 is 0 Å². The van der Waals surface area contributed by atoms with E-state index in [1.165, 1.54) is 0 Å². The lowest BCUT2D eigenvalue weighted by Gasteiger charge is -2.39. The highest BCUT2D eigenvalue weighted by Gasteiger charge is 2.35. The van der Waals surface area contributed by atoms with Crippen molar-refractivity contribution in [2.45, 2.75) is 40.2 Å². The monoisotopic (exact) mass is 340 g/mol. The lowest BCUT2D eigenvalue weighted by atomic mass is 9.79. The molecule has 2 aromatic carbocycles.